The molecule has 0 spiro atoms. The van der Waals surface area contributed by atoms with Crippen LogP contribution in [0.1, 0.15) is 26.2 Å². The molecule has 1 fully saturated rings. The molecule has 28 heavy (non-hydrogen) atoms. The second-order valence-electron chi connectivity index (χ2n) is 7.03. The standard InChI is InChI=1S/C22H23N3O3/c1-16-7-5-6-14-25(16)20(26)15-27-19-12-10-18(11-13-19)22-23-21(24-28-22)17-8-3-2-4-9-17/h2-4,8-13,16H,5-7,14-15H2,1H3. The summed E-state index contributed by atoms with van der Waals surface area (Å²) >= 11 is 0. The Labute approximate surface area is 164 Å². The molecule has 1 amide bonds. The average molecular weight is 377 g/mol. The molecule has 6 nitrogen and oxygen atoms in total. The second kappa shape index (κ2) is 8.25. The van der Waals surface area contributed by atoms with Crippen LogP contribution in [0.3, 0.4) is 0 Å². The molecule has 1 aromatic heterocycles. The number of piperidine rings is 1. The number of amides is 1. The van der Waals surface area contributed by atoms with Gasteiger partial charge in [0.05, 0.1) is 0 Å². The van der Waals surface area contributed by atoms with Gasteiger partial charge in [-0.2, -0.15) is 4.98 Å². The summed E-state index contributed by atoms with van der Waals surface area (Å²) in [5, 5.41) is 4.04. The highest BCUT2D eigenvalue weighted by Gasteiger charge is 2.23. The zero-order valence-electron chi connectivity index (χ0n) is 15.9. The first-order valence-corrected chi connectivity index (χ1v) is 9.62. The van der Waals surface area contributed by atoms with Gasteiger partial charge in [-0.15, -0.1) is 0 Å². The Hall–Kier alpha value is -3.15. The minimum Gasteiger partial charge on any atom is -0.484 e. The fourth-order valence-electron chi connectivity index (χ4n) is 3.44. The first-order valence-electron chi connectivity index (χ1n) is 9.62. The fourth-order valence-corrected chi connectivity index (χ4v) is 3.44. The van der Waals surface area contributed by atoms with Gasteiger partial charge in [-0.1, -0.05) is 35.5 Å². The van der Waals surface area contributed by atoms with Crippen LogP contribution >= 0.6 is 0 Å². The molecular formula is C22H23N3O3. The third-order valence-electron chi connectivity index (χ3n) is 5.04. The van der Waals surface area contributed by atoms with Crippen LogP contribution < -0.4 is 4.74 Å². The Morgan fingerprint density at radius 3 is 2.64 bits per heavy atom. The lowest BCUT2D eigenvalue weighted by Crippen LogP contribution is -2.44. The molecule has 0 N–H and O–H groups in total. The van der Waals surface area contributed by atoms with Gasteiger partial charge >= 0.3 is 0 Å². The van der Waals surface area contributed by atoms with Crippen LogP contribution in [0.2, 0.25) is 0 Å². The van der Waals surface area contributed by atoms with Crippen LogP contribution in [-0.4, -0.2) is 40.1 Å². The van der Waals surface area contributed by atoms with Crippen LogP contribution in [0.15, 0.2) is 59.1 Å². The van der Waals surface area contributed by atoms with E-state index in [1.54, 1.807) is 0 Å². The Morgan fingerprint density at radius 2 is 1.89 bits per heavy atom. The topological polar surface area (TPSA) is 68.5 Å². The Balaban J connectivity index is 1.38. The molecule has 0 bridgehead atoms. The van der Waals surface area contributed by atoms with E-state index in [1.165, 1.54) is 6.42 Å². The molecule has 144 valence electrons. The number of hydrogen-bond donors (Lipinski definition) is 0. The molecule has 0 aliphatic carbocycles. The van der Waals surface area contributed by atoms with E-state index in [-0.39, 0.29) is 12.5 Å². The minimum atomic E-state index is 0.0423. The summed E-state index contributed by atoms with van der Waals surface area (Å²) in [5.74, 6) is 1.69. The van der Waals surface area contributed by atoms with Crippen molar-refractivity contribution in [3.8, 4) is 28.6 Å². The first kappa shape index (κ1) is 18.2. The van der Waals surface area contributed by atoms with Crippen LogP contribution in [0, 0.1) is 0 Å². The normalized spacial score (nSPS) is 16.8. The molecule has 2 aromatic carbocycles. The molecule has 1 atom stereocenters. The van der Waals surface area contributed by atoms with E-state index in [4.69, 9.17) is 9.26 Å². The van der Waals surface area contributed by atoms with Crippen molar-refractivity contribution in [2.75, 3.05) is 13.2 Å². The van der Waals surface area contributed by atoms with Crippen molar-refractivity contribution in [1.29, 1.82) is 0 Å². The lowest BCUT2D eigenvalue weighted by atomic mass is 10.0. The van der Waals surface area contributed by atoms with Crippen molar-refractivity contribution in [3.63, 3.8) is 0 Å². The van der Waals surface area contributed by atoms with Gasteiger partial charge in [0.2, 0.25) is 5.82 Å². The van der Waals surface area contributed by atoms with Crippen LogP contribution in [0.25, 0.3) is 22.8 Å². The molecule has 4 rings (SSSR count). The lowest BCUT2D eigenvalue weighted by molar-refractivity contribution is -0.136. The smallest absolute Gasteiger partial charge is 0.260 e. The van der Waals surface area contributed by atoms with Gasteiger partial charge in [0.25, 0.3) is 11.8 Å². The molecule has 0 saturated carbocycles. The Morgan fingerprint density at radius 1 is 1.11 bits per heavy atom. The highest BCUT2D eigenvalue weighted by Crippen LogP contribution is 2.24. The van der Waals surface area contributed by atoms with Crippen LogP contribution in [-0.2, 0) is 4.79 Å². The van der Waals surface area contributed by atoms with E-state index in [2.05, 4.69) is 17.1 Å². The predicted molar refractivity (Wildman–Crippen MR) is 106 cm³/mol. The molecule has 1 unspecified atom stereocenters. The van der Waals surface area contributed by atoms with Gasteiger partial charge in [-0.05, 0) is 50.5 Å². The molecule has 1 saturated heterocycles. The summed E-state index contributed by atoms with van der Waals surface area (Å²) in [4.78, 5) is 18.7. The fraction of sp³-hybridized carbons (Fsp3) is 0.318. The van der Waals surface area contributed by atoms with Gasteiger partial charge in [-0.25, -0.2) is 0 Å². The molecular weight excluding hydrogens is 354 g/mol. The van der Waals surface area contributed by atoms with E-state index in [0.29, 0.717) is 23.5 Å². The predicted octanol–water partition coefficient (Wildman–Crippen LogP) is 4.18. The summed E-state index contributed by atoms with van der Waals surface area (Å²) < 4.78 is 11.0. The number of carbonyl (C=O) groups is 1. The van der Waals surface area contributed by atoms with E-state index in [1.807, 2.05) is 59.5 Å². The summed E-state index contributed by atoms with van der Waals surface area (Å²) in [6.45, 7) is 2.98. The van der Waals surface area contributed by atoms with E-state index in [0.717, 1.165) is 30.5 Å². The van der Waals surface area contributed by atoms with Crippen molar-refractivity contribution in [3.05, 3.63) is 54.6 Å². The molecule has 6 heteroatoms. The van der Waals surface area contributed by atoms with Crippen molar-refractivity contribution in [2.24, 2.45) is 0 Å². The molecule has 1 aliphatic rings. The zero-order valence-corrected chi connectivity index (χ0v) is 15.9. The van der Waals surface area contributed by atoms with Gasteiger partial charge < -0.3 is 14.2 Å². The van der Waals surface area contributed by atoms with Crippen molar-refractivity contribution in [2.45, 2.75) is 32.2 Å². The van der Waals surface area contributed by atoms with Crippen LogP contribution in [0.4, 0.5) is 0 Å². The zero-order chi connectivity index (χ0) is 19.3. The van der Waals surface area contributed by atoms with Gasteiger partial charge in [-0.3, -0.25) is 4.79 Å². The maximum atomic E-state index is 12.4. The average Bonchev–Trinajstić information content (AvgIpc) is 3.24. The lowest BCUT2D eigenvalue weighted by Gasteiger charge is -2.33. The maximum absolute atomic E-state index is 12.4. The van der Waals surface area contributed by atoms with Gasteiger partial charge in [0.1, 0.15) is 5.75 Å². The van der Waals surface area contributed by atoms with Crippen molar-refractivity contribution in [1.82, 2.24) is 15.0 Å². The van der Waals surface area contributed by atoms with Crippen LogP contribution in [0.5, 0.6) is 5.75 Å². The number of nitrogens with zero attached hydrogens (tertiary/aromatic N) is 3. The summed E-state index contributed by atoms with van der Waals surface area (Å²) in [5.41, 5.74) is 1.71. The quantitative estimate of drug-likeness (QED) is 0.667. The maximum Gasteiger partial charge on any atom is 0.260 e. The number of hydrogen-bond acceptors (Lipinski definition) is 5. The third kappa shape index (κ3) is 4.06. The first-order chi connectivity index (χ1) is 13.7. The minimum absolute atomic E-state index is 0.0423. The summed E-state index contributed by atoms with van der Waals surface area (Å²) in [6, 6.07) is 17.3. The number of likely N-dealkylation sites (tertiary alicyclic amines) is 1. The van der Waals surface area contributed by atoms with E-state index in [9.17, 15) is 4.79 Å². The SMILES string of the molecule is CC1CCCCN1C(=O)COc1ccc(-c2nc(-c3ccccc3)no2)cc1. The van der Waals surface area contributed by atoms with Crippen molar-refractivity contribution >= 4 is 5.91 Å². The summed E-state index contributed by atoms with van der Waals surface area (Å²) in [6.07, 6.45) is 3.32. The monoisotopic (exact) mass is 377 g/mol. The van der Waals surface area contributed by atoms with Crippen molar-refractivity contribution < 1.29 is 14.1 Å². The number of carbonyl (C=O) groups excluding carboxylic acids is 1. The second-order valence-corrected chi connectivity index (χ2v) is 7.03. The number of benzene rings is 2. The highest BCUT2D eigenvalue weighted by molar-refractivity contribution is 5.78. The number of ether oxygens (including phenoxy) is 1. The number of rotatable bonds is 5. The highest BCUT2D eigenvalue weighted by atomic mass is 16.5. The van der Waals surface area contributed by atoms with Gasteiger partial charge in [0, 0.05) is 23.7 Å². The third-order valence-corrected chi connectivity index (χ3v) is 5.04. The molecule has 0 radical (unpaired) electrons. The Kier molecular flexibility index (Phi) is 5.37. The molecule has 3 aromatic rings. The van der Waals surface area contributed by atoms with E-state index < -0.39 is 0 Å². The number of aromatic nitrogens is 2. The van der Waals surface area contributed by atoms with Gasteiger partial charge in [0.15, 0.2) is 6.61 Å². The van der Waals surface area contributed by atoms with E-state index >= 15 is 0 Å². The summed E-state index contributed by atoms with van der Waals surface area (Å²) in [7, 11) is 0. The largest absolute Gasteiger partial charge is 0.484 e. The molecule has 1 aliphatic heterocycles. The molecule has 2 heterocycles. The Bertz CT molecular complexity index is 922.